The highest BCUT2D eigenvalue weighted by Gasteiger charge is 2.14. The highest BCUT2D eigenvalue weighted by molar-refractivity contribution is 5.96. The zero-order valence-electron chi connectivity index (χ0n) is 15.8. The van der Waals surface area contributed by atoms with Crippen molar-refractivity contribution in [3.63, 3.8) is 0 Å². The van der Waals surface area contributed by atoms with Crippen LogP contribution in [0.2, 0.25) is 0 Å². The minimum absolute atomic E-state index is 0.0277. The zero-order chi connectivity index (χ0) is 20.1. The molecule has 0 radical (unpaired) electrons. The van der Waals surface area contributed by atoms with Crippen LogP contribution in [-0.2, 0) is 4.79 Å². The minimum Gasteiger partial charge on any atom is -0.481 e. The fourth-order valence-electron chi connectivity index (χ4n) is 2.60. The number of aliphatic carboxylic acids is 1. The summed E-state index contributed by atoms with van der Waals surface area (Å²) in [5.74, 6) is -2.96. The van der Waals surface area contributed by atoms with Gasteiger partial charge in [-0.25, -0.2) is 9.59 Å². The van der Waals surface area contributed by atoms with Crippen LogP contribution in [0.5, 0.6) is 0 Å². The molecule has 146 valence electrons. The number of carboxylic acid groups (broad SMARTS) is 3. The minimum atomic E-state index is -1.11. The Balaban J connectivity index is 0.000000481. The SMILES string of the molecule is CCCCCCCC(CC)C(=O)O.Cc1c(C(=O)O)cccc1C(=O)O. The van der Waals surface area contributed by atoms with Gasteiger partial charge >= 0.3 is 17.9 Å². The third kappa shape index (κ3) is 8.65. The Bertz CT molecular complexity index is 562. The van der Waals surface area contributed by atoms with Crippen molar-refractivity contribution >= 4 is 17.9 Å². The van der Waals surface area contributed by atoms with Gasteiger partial charge in [0.2, 0.25) is 0 Å². The third-order valence-corrected chi connectivity index (χ3v) is 4.29. The Morgan fingerprint density at radius 1 is 0.885 bits per heavy atom. The first-order valence-electron chi connectivity index (χ1n) is 9.05. The molecule has 0 bridgehead atoms. The van der Waals surface area contributed by atoms with Crippen molar-refractivity contribution in [2.45, 2.75) is 65.7 Å². The molecule has 0 amide bonds. The smallest absolute Gasteiger partial charge is 0.335 e. The van der Waals surface area contributed by atoms with E-state index in [-0.39, 0.29) is 22.6 Å². The van der Waals surface area contributed by atoms with E-state index < -0.39 is 17.9 Å². The second-order valence-electron chi connectivity index (χ2n) is 6.23. The van der Waals surface area contributed by atoms with E-state index in [4.69, 9.17) is 15.3 Å². The first kappa shape index (κ1) is 23.6. The van der Waals surface area contributed by atoms with Crippen molar-refractivity contribution in [1.82, 2.24) is 0 Å². The summed E-state index contributed by atoms with van der Waals surface area (Å²) in [6, 6.07) is 4.17. The molecule has 0 heterocycles. The zero-order valence-corrected chi connectivity index (χ0v) is 15.8. The number of aromatic carboxylic acids is 2. The van der Waals surface area contributed by atoms with Gasteiger partial charge in [0.25, 0.3) is 0 Å². The van der Waals surface area contributed by atoms with Gasteiger partial charge in [0.1, 0.15) is 0 Å². The Hall–Kier alpha value is -2.37. The van der Waals surface area contributed by atoms with Crippen LogP contribution in [0.1, 0.15) is 85.1 Å². The lowest BCUT2D eigenvalue weighted by atomic mass is 9.98. The quantitative estimate of drug-likeness (QED) is 0.510. The summed E-state index contributed by atoms with van der Waals surface area (Å²) in [7, 11) is 0. The van der Waals surface area contributed by atoms with E-state index in [0.717, 1.165) is 19.3 Å². The normalized spacial score (nSPS) is 11.2. The molecule has 0 aliphatic rings. The molecule has 26 heavy (non-hydrogen) atoms. The van der Waals surface area contributed by atoms with Crippen LogP contribution in [0.3, 0.4) is 0 Å². The highest BCUT2D eigenvalue weighted by Crippen LogP contribution is 2.15. The van der Waals surface area contributed by atoms with Crippen molar-refractivity contribution in [2.24, 2.45) is 5.92 Å². The molecule has 0 saturated carbocycles. The van der Waals surface area contributed by atoms with Crippen molar-refractivity contribution < 1.29 is 29.7 Å². The van der Waals surface area contributed by atoms with Gasteiger partial charge in [0, 0.05) is 0 Å². The standard InChI is InChI=1S/C11H22O2.C9H8O4/c1-3-5-6-7-8-9-10(4-2)11(12)13;1-5-6(8(10)11)3-2-4-7(5)9(12)13/h10H,3-9H2,1-2H3,(H,12,13);2-4H,1H3,(H,10,11)(H,12,13). The van der Waals surface area contributed by atoms with Gasteiger partial charge in [0.05, 0.1) is 17.0 Å². The van der Waals surface area contributed by atoms with Gasteiger partial charge < -0.3 is 15.3 Å². The number of hydrogen-bond acceptors (Lipinski definition) is 3. The molecule has 1 aromatic rings. The maximum Gasteiger partial charge on any atom is 0.335 e. The van der Waals surface area contributed by atoms with Gasteiger partial charge in [-0.05, 0) is 37.5 Å². The fourth-order valence-corrected chi connectivity index (χ4v) is 2.60. The summed E-state index contributed by atoms with van der Waals surface area (Å²) in [6.07, 6.45) is 7.67. The summed E-state index contributed by atoms with van der Waals surface area (Å²) in [5, 5.41) is 26.1. The third-order valence-electron chi connectivity index (χ3n) is 4.29. The van der Waals surface area contributed by atoms with Crippen LogP contribution in [0, 0.1) is 12.8 Å². The lowest BCUT2D eigenvalue weighted by Gasteiger charge is -2.08. The Kier molecular flexibility index (Phi) is 11.7. The summed E-state index contributed by atoms with van der Waals surface area (Å²) in [6.45, 7) is 5.61. The van der Waals surface area contributed by atoms with E-state index in [1.807, 2.05) is 6.92 Å². The maximum atomic E-state index is 10.7. The van der Waals surface area contributed by atoms with Gasteiger partial charge in [-0.15, -0.1) is 0 Å². The van der Waals surface area contributed by atoms with Crippen LogP contribution in [0.4, 0.5) is 0 Å². The first-order chi connectivity index (χ1) is 12.3. The summed E-state index contributed by atoms with van der Waals surface area (Å²) < 4.78 is 0. The molecule has 0 aromatic heterocycles. The van der Waals surface area contributed by atoms with Crippen LogP contribution >= 0.6 is 0 Å². The van der Waals surface area contributed by atoms with Crippen LogP contribution < -0.4 is 0 Å². The van der Waals surface area contributed by atoms with Gasteiger partial charge in [-0.1, -0.05) is 52.0 Å². The Morgan fingerprint density at radius 2 is 1.38 bits per heavy atom. The molecule has 1 aromatic carbocycles. The van der Waals surface area contributed by atoms with E-state index in [0.29, 0.717) is 0 Å². The molecule has 6 nitrogen and oxygen atoms in total. The van der Waals surface area contributed by atoms with Crippen molar-refractivity contribution in [3.8, 4) is 0 Å². The molecule has 0 aliphatic carbocycles. The molecule has 1 unspecified atom stereocenters. The van der Waals surface area contributed by atoms with Crippen LogP contribution in [-0.4, -0.2) is 33.2 Å². The number of benzene rings is 1. The number of carbonyl (C=O) groups is 3. The summed E-state index contributed by atoms with van der Waals surface area (Å²) >= 11 is 0. The number of carboxylic acids is 3. The van der Waals surface area contributed by atoms with Crippen molar-refractivity contribution in [1.29, 1.82) is 0 Å². The summed E-state index contributed by atoms with van der Waals surface area (Å²) in [5.41, 5.74) is 0.335. The topological polar surface area (TPSA) is 112 Å². The average molecular weight is 366 g/mol. The molecule has 1 atom stereocenters. The lowest BCUT2D eigenvalue weighted by molar-refractivity contribution is -0.142. The molecule has 0 fully saturated rings. The molecule has 0 aliphatic heterocycles. The second-order valence-corrected chi connectivity index (χ2v) is 6.23. The van der Waals surface area contributed by atoms with Crippen molar-refractivity contribution in [3.05, 3.63) is 34.9 Å². The lowest BCUT2D eigenvalue weighted by Crippen LogP contribution is -2.12. The number of unbranched alkanes of at least 4 members (excludes halogenated alkanes) is 4. The van der Waals surface area contributed by atoms with Gasteiger partial charge in [0.15, 0.2) is 0 Å². The predicted octanol–water partition coefficient (Wildman–Crippen LogP) is 4.85. The Morgan fingerprint density at radius 3 is 1.77 bits per heavy atom. The van der Waals surface area contributed by atoms with Gasteiger partial charge in [-0.2, -0.15) is 0 Å². The number of rotatable bonds is 10. The molecular formula is C20H30O6. The fraction of sp³-hybridized carbons (Fsp3) is 0.550. The highest BCUT2D eigenvalue weighted by atomic mass is 16.4. The maximum absolute atomic E-state index is 10.7. The number of hydrogen-bond donors (Lipinski definition) is 3. The molecular weight excluding hydrogens is 336 g/mol. The van der Waals surface area contributed by atoms with E-state index in [9.17, 15) is 14.4 Å². The van der Waals surface area contributed by atoms with E-state index in [1.54, 1.807) is 0 Å². The first-order valence-corrected chi connectivity index (χ1v) is 9.05. The molecule has 0 spiro atoms. The molecule has 3 N–H and O–H groups in total. The molecule has 6 heteroatoms. The van der Waals surface area contributed by atoms with E-state index in [1.165, 1.54) is 50.8 Å². The van der Waals surface area contributed by atoms with Gasteiger partial charge in [-0.3, -0.25) is 4.79 Å². The van der Waals surface area contributed by atoms with E-state index >= 15 is 0 Å². The second kappa shape index (κ2) is 12.9. The predicted molar refractivity (Wildman–Crippen MR) is 99.9 cm³/mol. The molecule has 0 saturated heterocycles. The van der Waals surface area contributed by atoms with Crippen molar-refractivity contribution in [2.75, 3.05) is 0 Å². The largest absolute Gasteiger partial charge is 0.481 e. The summed E-state index contributed by atoms with van der Waals surface area (Å²) in [4.78, 5) is 31.9. The Labute approximate surface area is 154 Å². The monoisotopic (exact) mass is 366 g/mol. The van der Waals surface area contributed by atoms with Crippen LogP contribution in [0.25, 0.3) is 0 Å². The van der Waals surface area contributed by atoms with Crippen LogP contribution in [0.15, 0.2) is 18.2 Å². The average Bonchev–Trinajstić information content (AvgIpc) is 2.58. The van der Waals surface area contributed by atoms with E-state index in [2.05, 4.69) is 6.92 Å². The molecule has 1 rings (SSSR count).